The molecule has 0 heterocycles. The molecule has 0 aliphatic heterocycles. The molecule has 0 nitrogen and oxygen atoms in total. The van der Waals surface area contributed by atoms with Crippen molar-refractivity contribution in [1.29, 1.82) is 0 Å². The molecule has 1 heteroatoms. The van der Waals surface area contributed by atoms with Gasteiger partial charge in [-0.15, -0.1) is 0 Å². The molecule has 0 N–H and O–H groups in total. The molecular formula is C21H29F. The maximum atomic E-state index is 13.4. The van der Waals surface area contributed by atoms with Gasteiger partial charge in [0.05, 0.1) is 0 Å². The van der Waals surface area contributed by atoms with E-state index in [1.807, 2.05) is 6.07 Å². The first-order valence-corrected chi connectivity index (χ1v) is 9.22. The van der Waals surface area contributed by atoms with Crippen molar-refractivity contribution in [2.75, 3.05) is 0 Å². The van der Waals surface area contributed by atoms with Gasteiger partial charge in [-0.05, 0) is 73.6 Å². The molecule has 0 atom stereocenters. The van der Waals surface area contributed by atoms with Gasteiger partial charge in [-0.25, -0.2) is 4.39 Å². The number of hydrogen-bond acceptors (Lipinski definition) is 0. The first kappa shape index (κ1) is 15.8. The number of allylic oxidation sites excluding steroid dienone is 2. The molecular weight excluding hydrogens is 271 g/mol. The molecule has 2 aliphatic rings. The van der Waals surface area contributed by atoms with E-state index in [0.29, 0.717) is 0 Å². The fraction of sp³-hybridized carbons (Fsp3) is 0.619. The Hall–Kier alpha value is -1.11. The van der Waals surface area contributed by atoms with Crippen molar-refractivity contribution in [2.24, 2.45) is 11.8 Å². The maximum Gasteiger partial charge on any atom is 0.123 e. The van der Waals surface area contributed by atoms with E-state index in [0.717, 1.165) is 24.7 Å². The lowest BCUT2D eigenvalue weighted by Crippen LogP contribution is -2.19. The number of halogens is 1. The lowest BCUT2D eigenvalue weighted by molar-refractivity contribution is 0.279. The quantitative estimate of drug-likeness (QED) is 0.446. The Labute approximate surface area is 134 Å². The van der Waals surface area contributed by atoms with E-state index in [1.165, 1.54) is 62.5 Å². The zero-order valence-electron chi connectivity index (χ0n) is 13.9. The van der Waals surface area contributed by atoms with E-state index in [2.05, 4.69) is 13.0 Å². The molecule has 0 saturated heterocycles. The van der Waals surface area contributed by atoms with Gasteiger partial charge in [-0.2, -0.15) is 0 Å². The summed E-state index contributed by atoms with van der Waals surface area (Å²) in [4.78, 5) is 0. The largest absolute Gasteiger partial charge is 0.207 e. The van der Waals surface area contributed by atoms with Crippen LogP contribution in [-0.4, -0.2) is 0 Å². The number of unbranched alkanes of at least 4 members (excludes halogenated alkanes) is 2. The fourth-order valence-electron chi connectivity index (χ4n) is 4.31. The van der Waals surface area contributed by atoms with E-state index >= 15 is 0 Å². The van der Waals surface area contributed by atoms with Gasteiger partial charge in [0.1, 0.15) is 5.82 Å². The molecule has 22 heavy (non-hydrogen) atoms. The molecule has 120 valence electrons. The van der Waals surface area contributed by atoms with Crippen LogP contribution in [0.1, 0.15) is 69.4 Å². The van der Waals surface area contributed by atoms with Gasteiger partial charge >= 0.3 is 0 Å². The molecule has 0 bridgehead atoms. The summed E-state index contributed by atoms with van der Waals surface area (Å²) in [5.74, 6) is 1.65. The first-order chi connectivity index (χ1) is 10.8. The maximum absolute atomic E-state index is 13.4. The summed E-state index contributed by atoms with van der Waals surface area (Å²) < 4.78 is 13.4. The average Bonchev–Trinajstić information content (AvgIpc) is 2.55. The minimum Gasteiger partial charge on any atom is -0.207 e. The van der Waals surface area contributed by atoms with Crippen molar-refractivity contribution in [3.8, 4) is 0 Å². The molecule has 0 amide bonds. The first-order valence-electron chi connectivity index (χ1n) is 9.22. The molecule has 1 fully saturated rings. The van der Waals surface area contributed by atoms with Crippen LogP contribution in [0.3, 0.4) is 0 Å². The van der Waals surface area contributed by atoms with Crippen molar-refractivity contribution in [1.82, 2.24) is 0 Å². The smallest absolute Gasteiger partial charge is 0.123 e. The van der Waals surface area contributed by atoms with E-state index in [-0.39, 0.29) is 5.82 Å². The van der Waals surface area contributed by atoms with E-state index in [1.54, 1.807) is 17.7 Å². The molecule has 0 aromatic heterocycles. The third-order valence-electron chi connectivity index (χ3n) is 5.73. The van der Waals surface area contributed by atoms with Crippen LogP contribution in [0.4, 0.5) is 4.39 Å². The Morgan fingerprint density at radius 2 is 1.86 bits per heavy atom. The second kappa shape index (κ2) is 7.44. The number of fused-ring (bicyclic) bond motifs is 1. The van der Waals surface area contributed by atoms with Gasteiger partial charge < -0.3 is 0 Å². The molecule has 1 saturated carbocycles. The van der Waals surface area contributed by atoms with Crippen molar-refractivity contribution in [2.45, 2.75) is 71.1 Å². The van der Waals surface area contributed by atoms with Crippen LogP contribution in [0.5, 0.6) is 0 Å². The predicted octanol–water partition coefficient (Wildman–Crippen LogP) is 6.24. The third kappa shape index (κ3) is 3.80. The molecule has 0 radical (unpaired) electrons. The Balaban J connectivity index is 1.53. The fourth-order valence-corrected chi connectivity index (χ4v) is 4.31. The van der Waals surface area contributed by atoms with Crippen molar-refractivity contribution in [3.05, 3.63) is 46.8 Å². The van der Waals surface area contributed by atoms with E-state index in [4.69, 9.17) is 0 Å². The third-order valence-corrected chi connectivity index (χ3v) is 5.73. The Kier molecular flexibility index (Phi) is 5.33. The highest BCUT2D eigenvalue weighted by Crippen LogP contribution is 2.38. The summed E-state index contributed by atoms with van der Waals surface area (Å²) in [6.45, 7) is 2.28. The molecule has 0 unspecified atom stereocenters. The van der Waals surface area contributed by atoms with Crippen LogP contribution in [0.2, 0.25) is 0 Å². The summed E-state index contributed by atoms with van der Waals surface area (Å²) >= 11 is 0. The molecule has 3 rings (SSSR count). The highest BCUT2D eigenvalue weighted by atomic mass is 19.1. The summed E-state index contributed by atoms with van der Waals surface area (Å²) in [6.07, 6.45) is 15.5. The zero-order chi connectivity index (χ0) is 15.4. The standard InChI is InChI=1S/C21H29F/c1-2-3-4-5-16-6-8-17(9-7-16)19-11-10-18-12-13-21(22)15-20(18)14-19/h11-13,15-17H,2-10,14H2,1H3. The SMILES string of the molecule is CCCCCC1CCC(C2=CCc3ccc(F)cc3C2)CC1. The Morgan fingerprint density at radius 1 is 1.05 bits per heavy atom. The Bertz CT molecular complexity index is 521. The minimum absolute atomic E-state index is 0.0837. The summed E-state index contributed by atoms with van der Waals surface area (Å²) in [5, 5.41) is 0. The van der Waals surface area contributed by atoms with Crippen molar-refractivity contribution >= 4 is 0 Å². The van der Waals surface area contributed by atoms with Crippen LogP contribution in [0.15, 0.2) is 29.8 Å². The Morgan fingerprint density at radius 3 is 2.64 bits per heavy atom. The van der Waals surface area contributed by atoms with Gasteiger partial charge in [0.25, 0.3) is 0 Å². The van der Waals surface area contributed by atoms with E-state index < -0.39 is 0 Å². The zero-order valence-corrected chi connectivity index (χ0v) is 13.9. The summed E-state index contributed by atoms with van der Waals surface area (Å²) in [5.41, 5.74) is 4.13. The molecule has 1 aromatic carbocycles. The van der Waals surface area contributed by atoms with Gasteiger partial charge in [-0.3, -0.25) is 0 Å². The van der Waals surface area contributed by atoms with Crippen molar-refractivity contribution < 1.29 is 4.39 Å². The van der Waals surface area contributed by atoms with Crippen LogP contribution >= 0.6 is 0 Å². The predicted molar refractivity (Wildman–Crippen MR) is 91.5 cm³/mol. The van der Waals surface area contributed by atoms with Crippen LogP contribution in [0, 0.1) is 17.7 Å². The summed E-state index contributed by atoms with van der Waals surface area (Å²) in [7, 11) is 0. The van der Waals surface area contributed by atoms with Gasteiger partial charge in [0, 0.05) is 0 Å². The highest BCUT2D eigenvalue weighted by molar-refractivity contribution is 5.38. The topological polar surface area (TPSA) is 0 Å². The molecule has 2 aliphatic carbocycles. The number of benzene rings is 1. The monoisotopic (exact) mass is 300 g/mol. The van der Waals surface area contributed by atoms with Crippen LogP contribution < -0.4 is 0 Å². The van der Waals surface area contributed by atoms with Crippen LogP contribution in [-0.2, 0) is 12.8 Å². The summed E-state index contributed by atoms with van der Waals surface area (Å²) in [6, 6.07) is 5.31. The second-order valence-corrected chi connectivity index (χ2v) is 7.29. The number of hydrogen-bond donors (Lipinski definition) is 0. The normalized spacial score (nSPS) is 24.7. The molecule has 0 spiro atoms. The van der Waals surface area contributed by atoms with Gasteiger partial charge in [-0.1, -0.05) is 50.3 Å². The van der Waals surface area contributed by atoms with Crippen LogP contribution in [0.25, 0.3) is 0 Å². The van der Waals surface area contributed by atoms with Gasteiger partial charge in [0.15, 0.2) is 0 Å². The van der Waals surface area contributed by atoms with E-state index in [9.17, 15) is 4.39 Å². The van der Waals surface area contributed by atoms with Crippen molar-refractivity contribution in [3.63, 3.8) is 0 Å². The lowest BCUT2D eigenvalue weighted by Gasteiger charge is -2.32. The number of rotatable bonds is 5. The average molecular weight is 300 g/mol. The lowest BCUT2D eigenvalue weighted by atomic mass is 9.74. The molecule has 1 aromatic rings. The van der Waals surface area contributed by atoms with Gasteiger partial charge in [0.2, 0.25) is 0 Å². The minimum atomic E-state index is -0.0837. The highest BCUT2D eigenvalue weighted by Gasteiger charge is 2.25. The second-order valence-electron chi connectivity index (χ2n) is 7.29.